The van der Waals surface area contributed by atoms with E-state index in [4.69, 9.17) is 11.6 Å². The van der Waals surface area contributed by atoms with Gasteiger partial charge in [-0.2, -0.15) is 0 Å². The van der Waals surface area contributed by atoms with Gasteiger partial charge in [0.05, 0.1) is 11.0 Å². The Bertz CT molecular complexity index is 1200. The van der Waals surface area contributed by atoms with E-state index in [0.717, 1.165) is 5.56 Å². The number of hydrogen-bond acceptors (Lipinski definition) is 4. The maximum atomic E-state index is 13.1. The van der Waals surface area contributed by atoms with Crippen molar-refractivity contribution in [2.45, 2.75) is 40.2 Å². The van der Waals surface area contributed by atoms with Crippen molar-refractivity contribution in [3.8, 4) is 0 Å². The van der Waals surface area contributed by atoms with Crippen LogP contribution in [0, 0.1) is 12.8 Å². The summed E-state index contributed by atoms with van der Waals surface area (Å²) in [5, 5.41) is 6.21. The predicted molar refractivity (Wildman–Crippen MR) is 127 cm³/mol. The van der Waals surface area contributed by atoms with E-state index in [9.17, 15) is 14.4 Å². The molecule has 0 saturated heterocycles. The van der Waals surface area contributed by atoms with Gasteiger partial charge in [0.2, 0.25) is 11.8 Å². The highest BCUT2D eigenvalue weighted by molar-refractivity contribution is 6.31. The molecule has 168 valence electrons. The molecule has 0 aliphatic carbocycles. The van der Waals surface area contributed by atoms with Gasteiger partial charge >= 0.3 is 0 Å². The highest BCUT2D eigenvalue weighted by Crippen LogP contribution is 2.23. The SMILES string of the molecule is Cc1c(Cl)cccc1NC(=O)Cn1c(=O)c(CCC(=O)NCC(C)C)nc2ccccc21. The third-order valence-corrected chi connectivity index (χ3v) is 5.47. The fraction of sp³-hybridized carbons (Fsp3) is 0.333. The number of carbonyl (C=O) groups is 2. The topological polar surface area (TPSA) is 93.1 Å². The first kappa shape index (κ1) is 23.5. The van der Waals surface area contributed by atoms with Crippen LogP contribution in [0.25, 0.3) is 11.0 Å². The lowest BCUT2D eigenvalue weighted by Crippen LogP contribution is -2.32. The standard InChI is InChI=1S/C24H27ClN4O3/c1-15(2)13-26-22(30)12-11-20-24(32)29(21-10-5-4-8-19(21)27-20)14-23(31)28-18-9-6-7-17(25)16(18)3/h4-10,15H,11-14H2,1-3H3,(H,26,30)(H,28,31). The molecule has 0 radical (unpaired) electrons. The third kappa shape index (κ3) is 5.73. The van der Waals surface area contributed by atoms with Crippen LogP contribution < -0.4 is 16.2 Å². The summed E-state index contributed by atoms with van der Waals surface area (Å²) in [7, 11) is 0. The number of rotatable bonds is 8. The number of para-hydroxylation sites is 2. The Hall–Kier alpha value is -3.19. The first-order chi connectivity index (χ1) is 15.3. The Morgan fingerprint density at radius 1 is 1.09 bits per heavy atom. The Labute approximate surface area is 191 Å². The third-order valence-electron chi connectivity index (χ3n) is 5.06. The molecule has 0 aliphatic rings. The van der Waals surface area contributed by atoms with Crippen LogP contribution >= 0.6 is 11.6 Å². The lowest BCUT2D eigenvalue weighted by molar-refractivity contribution is -0.121. The molecule has 0 saturated carbocycles. The van der Waals surface area contributed by atoms with Crippen LogP contribution in [0.1, 0.15) is 31.5 Å². The zero-order valence-electron chi connectivity index (χ0n) is 18.4. The first-order valence-electron chi connectivity index (χ1n) is 10.6. The van der Waals surface area contributed by atoms with Crippen molar-refractivity contribution in [1.29, 1.82) is 0 Å². The minimum Gasteiger partial charge on any atom is -0.356 e. The smallest absolute Gasteiger partial charge is 0.273 e. The second kappa shape index (κ2) is 10.4. The van der Waals surface area contributed by atoms with Crippen molar-refractivity contribution in [2.24, 2.45) is 5.92 Å². The quantitative estimate of drug-likeness (QED) is 0.542. The van der Waals surface area contributed by atoms with E-state index in [1.54, 1.807) is 36.4 Å². The molecule has 0 fully saturated rings. The van der Waals surface area contributed by atoms with E-state index in [1.165, 1.54) is 4.57 Å². The van der Waals surface area contributed by atoms with Crippen molar-refractivity contribution in [2.75, 3.05) is 11.9 Å². The number of nitrogens with zero attached hydrogens (tertiary/aromatic N) is 2. The fourth-order valence-electron chi connectivity index (χ4n) is 3.28. The van der Waals surface area contributed by atoms with Crippen LogP contribution in [0.4, 0.5) is 5.69 Å². The molecule has 0 spiro atoms. The van der Waals surface area contributed by atoms with Crippen molar-refractivity contribution in [1.82, 2.24) is 14.9 Å². The molecular formula is C24H27ClN4O3. The molecule has 1 aromatic heterocycles. The molecule has 0 atom stereocenters. The molecule has 2 amide bonds. The van der Waals surface area contributed by atoms with Crippen molar-refractivity contribution >= 4 is 40.1 Å². The summed E-state index contributed by atoms with van der Waals surface area (Å²) in [6.45, 7) is 6.24. The molecular weight excluding hydrogens is 428 g/mol. The van der Waals surface area contributed by atoms with Gasteiger partial charge in [-0.3, -0.25) is 19.0 Å². The van der Waals surface area contributed by atoms with Gasteiger partial charge < -0.3 is 10.6 Å². The number of nitrogens with one attached hydrogen (secondary N) is 2. The minimum atomic E-state index is -0.377. The Kier molecular flexibility index (Phi) is 7.64. The number of carbonyl (C=O) groups excluding carboxylic acids is 2. The fourth-order valence-corrected chi connectivity index (χ4v) is 3.45. The maximum Gasteiger partial charge on any atom is 0.273 e. The van der Waals surface area contributed by atoms with Crippen molar-refractivity contribution in [3.05, 3.63) is 69.1 Å². The number of aromatic nitrogens is 2. The number of hydrogen-bond donors (Lipinski definition) is 2. The van der Waals surface area contributed by atoms with Gasteiger partial charge in [-0.1, -0.05) is 43.6 Å². The summed E-state index contributed by atoms with van der Waals surface area (Å²) < 4.78 is 1.40. The molecule has 2 N–H and O–H groups in total. The number of fused-ring (bicyclic) bond motifs is 1. The van der Waals surface area contributed by atoms with E-state index in [1.807, 2.05) is 26.8 Å². The summed E-state index contributed by atoms with van der Waals surface area (Å²) in [6.07, 6.45) is 0.351. The normalized spacial score (nSPS) is 11.0. The molecule has 32 heavy (non-hydrogen) atoms. The zero-order valence-corrected chi connectivity index (χ0v) is 19.2. The largest absolute Gasteiger partial charge is 0.356 e. The lowest BCUT2D eigenvalue weighted by Gasteiger charge is -2.14. The number of anilines is 1. The molecule has 0 bridgehead atoms. The highest BCUT2D eigenvalue weighted by Gasteiger charge is 2.16. The van der Waals surface area contributed by atoms with Crippen LogP contribution in [-0.2, 0) is 22.6 Å². The number of halogens is 1. The molecule has 0 unspecified atom stereocenters. The van der Waals surface area contributed by atoms with Crippen molar-refractivity contribution in [3.63, 3.8) is 0 Å². The van der Waals surface area contributed by atoms with Crippen LogP contribution in [0.15, 0.2) is 47.3 Å². The average molecular weight is 455 g/mol. The second-order valence-electron chi connectivity index (χ2n) is 8.10. The zero-order chi connectivity index (χ0) is 23.3. The molecule has 0 aliphatic heterocycles. The van der Waals surface area contributed by atoms with E-state index in [2.05, 4.69) is 15.6 Å². The molecule has 1 heterocycles. The summed E-state index contributed by atoms with van der Waals surface area (Å²) in [5.41, 5.74) is 2.38. The predicted octanol–water partition coefficient (Wildman–Crippen LogP) is 3.70. The van der Waals surface area contributed by atoms with Gasteiger partial charge in [-0.05, 0) is 42.7 Å². The summed E-state index contributed by atoms with van der Waals surface area (Å²) >= 11 is 6.13. The van der Waals surface area contributed by atoms with Crippen LogP contribution in [0.5, 0.6) is 0 Å². The highest BCUT2D eigenvalue weighted by atomic mass is 35.5. The number of amides is 2. The van der Waals surface area contributed by atoms with Crippen molar-refractivity contribution < 1.29 is 9.59 Å². The number of aryl methyl sites for hydroxylation is 1. The van der Waals surface area contributed by atoms with Gasteiger partial charge in [0, 0.05) is 30.1 Å². The Morgan fingerprint density at radius 2 is 1.84 bits per heavy atom. The van der Waals surface area contributed by atoms with E-state index in [-0.39, 0.29) is 42.5 Å². The lowest BCUT2D eigenvalue weighted by atomic mass is 10.2. The monoisotopic (exact) mass is 454 g/mol. The van der Waals surface area contributed by atoms with Gasteiger partial charge in [0.1, 0.15) is 12.2 Å². The van der Waals surface area contributed by atoms with Gasteiger partial charge in [0.25, 0.3) is 5.56 Å². The van der Waals surface area contributed by atoms with Gasteiger partial charge in [-0.15, -0.1) is 0 Å². The molecule has 7 nitrogen and oxygen atoms in total. The van der Waals surface area contributed by atoms with E-state index in [0.29, 0.717) is 34.2 Å². The van der Waals surface area contributed by atoms with Gasteiger partial charge in [-0.25, -0.2) is 4.98 Å². The Balaban J connectivity index is 1.84. The van der Waals surface area contributed by atoms with E-state index < -0.39 is 0 Å². The Morgan fingerprint density at radius 3 is 2.59 bits per heavy atom. The number of benzene rings is 2. The average Bonchev–Trinajstić information content (AvgIpc) is 2.76. The van der Waals surface area contributed by atoms with Crippen LogP contribution in [0.3, 0.4) is 0 Å². The van der Waals surface area contributed by atoms with Gasteiger partial charge in [0.15, 0.2) is 0 Å². The van der Waals surface area contributed by atoms with Crippen LogP contribution in [-0.4, -0.2) is 27.9 Å². The first-order valence-corrected chi connectivity index (χ1v) is 10.9. The van der Waals surface area contributed by atoms with E-state index >= 15 is 0 Å². The summed E-state index contributed by atoms with van der Waals surface area (Å²) in [5.74, 6) is -0.139. The molecule has 8 heteroatoms. The summed E-state index contributed by atoms with van der Waals surface area (Å²) in [4.78, 5) is 42.5. The second-order valence-corrected chi connectivity index (χ2v) is 8.50. The van der Waals surface area contributed by atoms with Crippen LogP contribution in [0.2, 0.25) is 5.02 Å². The molecule has 3 rings (SSSR count). The molecule has 2 aromatic carbocycles. The maximum absolute atomic E-state index is 13.1. The summed E-state index contributed by atoms with van der Waals surface area (Å²) in [6, 6.07) is 12.4. The minimum absolute atomic E-state index is 0.131. The molecule has 3 aromatic rings.